The fraction of sp³-hybridized carbons (Fsp3) is 1.00. The molecule has 13 heavy (non-hydrogen) atoms. The molecule has 1 unspecified atom stereocenters. The van der Waals surface area contributed by atoms with Crippen molar-refractivity contribution in [3.8, 4) is 0 Å². The monoisotopic (exact) mass is 234 g/mol. The predicted octanol–water partition coefficient (Wildman–Crippen LogP) is -0.561. The molecular formula is C4H12O7P2. The summed E-state index contributed by atoms with van der Waals surface area (Å²) in [4.78, 5) is 32.1. The Labute approximate surface area is 74.7 Å². The van der Waals surface area contributed by atoms with E-state index in [4.69, 9.17) is 24.7 Å². The van der Waals surface area contributed by atoms with Gasteiger partial charge in [-0.15, -0.1) is 0 Å². The van der Waals surface area contributed by atoms with Crippen LogP contribution in [0.15, 0.2) is 0 Å². The quantitative estimate of drug-likeness (QED) is 0.413. The first kappa shape index (κ1) is 13.3. The third kappa shape index (κ3) is 2.19. The minimum absolute atomic E-state index is 0.652. The van der Waals surface area contributed by atoms with Gasteiger partial charge in [0.15, 0.2) is 4.90 Å². The summed E-state index contributed by atoms with van der Waals surface area (Å²) in [6.45, 7) is 1.57. The second kappa shape index (κ2) is 3.44. The van der Waals surface area contributed by atoms with Crippen molar-refractivity contribution in [3.05, 3.63) is 0 Å². The van der Waals surface area contributed by atoms with E-state index in [1.54, 1.807) is 0 Å². The van der Waals surface area contributed by atoms with Gasteiger partial charge in [0, 0.05) is 0 Å². The Morgan fingerprint density at radius 1 is 1.08 bits per heavy atom. The largest absolute Gasteiger partial charge is 0.391 e. The van der Waals surface area contributed by atoms with Crippen LogP contribution in [0.4, 0.5) is 0 Å². The summed E-state index contributed by atoms with van der Waals surface area (Å²) in [5.41, 5.74) is 0. The Morgan fingerprint density at radius 2 is 1.31 bits per heavy atom. The van der Waals surface area contributed by atoms with E-state index in [-0.39, 0.29) is 0 Å². The number of rotatable bonds is 3. The maximum Gasteiger partial charge on any atom is 0.346 e. The molecule has 0 aliphatic rings. The second-order valence-electron chi connectivity index (χ2n) is 2.86. The summed E-state index contributed by atoms with van der Waals surface area (Å²) in [6.07, 6.45) is -1.81. The average molecular weight is 234 g/mol. The van der Waals surface area contributed by atoms with Gasteiger partial charge in [-0.05, 0) is 13.8 Å². The maximum absolute atomic E-state index is 10.8. The zero-order valence-electron chi connectivity index (χ0n) is 7.02. The summed E-state index contributed by atoms with van der Waals surface area (Å²) in [5.74, 6) is 0. The molecule has 9 heteroatoms. The maximum atomic E-state index is 10.8. The van der Waals surface area contributed by atoms with Crippen molar-refractivity contribution in [3.63, 3.8) is 0 Å². The van der Waals surface area contributed by atoms with Gasteiger partial charge in [0.25, 0.3) is 0 Å². The second-order valence-corrected chi connectivity index (χ2v) is 7.25. The molecule has 0 aromatic heterocycles. The predicted molar refractivity (Wildman–Crippen MR) is 44.2 cm³/mol. The molecule has 0 spiro atoms. The third-order valence-electron chi connectivity index (χ3n) is 1.97. The number of hydrogen-bond acceptors (Lipinski definition) is 3. The topological polar surface area (TPSA) is 135 Å². The summed E-state index contributed by atoms with van der Waals surface area (Å²) in [6, 6.07) is 0. The summed E-state index contributed by atoms with van der Waals surface area (Å²) < 4.78 is 21.6. The van der Waals surface area contributed by atoms with Crippen molar-refractivity contribution >= 4 is 15.2 Å². The zero-order chi connectivity index (χ0) is 11.1. The third-order valence-corrected chi connectivity index (χ3v) is 6.64. The van der Waals surface area contributed by atoms with Crippen molar-refractivity contribution < 1.29 is 33.8 Å². The van der Waals surface area contributed by atoms with Gasteiger partial charge in [-0.25, -0.2) is 0 Å². The van der Waals surface area contributed by atoms with E-state index in [0.717, 1.165) is 6.92 Å². The average Bonchev–Trinajstić information content (AvgIpc) is 1.80. The van der Waals surface area contributed by atoms with Crippen LogP contribution in [-0.2, 0) is 9.13 Å². The van der Waals surface area contributed by atoms with Crippen molar-refractivity contribution in [2.75, 3.05) is 0 Å². The SMILES string of the molecule is CC(O)C(C)(P(=O)(O)O)P(=O)(O)O. The number of aliphatic hydroxyl groups excluding tert-OH is 1. The van der Waals surface area contributed by atoms with Crippen LogP contribution < -0.4 is 0 Å². The first-order valence-corrected chi connectivity index (χ1v) is 6.46. The van der Waals surface area contributed by atoms with Crippen LogP contribution in [0, 0.1) is 0 Å². The number of aliphatic hydroxyl groups is 1. The van der Waals surface area contributed by atoms with E-state index in [1.807, 2.05) is 0 Å². The highest BCUT2D eigenvalue weighted by molar-refractivity contribution is 7.72. The van der Waals surface area contributed by atoms with Gasteiger partial charge < -0.3 is 24.7 Å². The molecule has 0 radical (unpaired) electrons. The van der Waals surface area contributed by atoms with Crippen LogP contribution in [-0.4, -0.2) is 35.7 Å². The summed E-state index contributed by atoms with van der Waals surface area (Å²) in [5, 5.41) is 8.96. The van der Waals surface area contributed by atoms with Crippen LogP contribution in [0.5, 0.6) is 0 Å². The lowest BCUT2D eigenvalue weighted by Crippen LogP contribution is -2.36. The molecule has 80 valence electrons. The van der Waals surface area contributed by atoms with Crippen LogP contribution in [0.1, 0.15) is 13.8 Å². The van der Waals surface area contributed by atoms with Crippen molar-refractivity contribution in [1.29, 1.82) is 0 Å². The van der Waals surface area contributed by atoms with Crippen LogP contribution in [0.25, 0.3) is 0 Å². The van der Waals surface area contributed by atoms with Gasteiger partial charge in [-0.3, -0.25) is 9.13 Å². The Balaban J connectivity index is 5.50. The van der Waals surface area contributed by atoms with E-state index < -0.39 is 26.2 Å². The standard InChI is InChI=1S/C4H12O7P2/c1-3(5)4(2,12(6,7)8)13(9,10)11/h3,5H,1-2H3,(H2,6,7,8)(H2,9,10,11). The molecule has 0 aliphatic carbocycles. The smallest absolute Gasteiger partial charge is 0.346 e. The Morgan fingerprint density at radius 3 is 1.31 bits per heavy atom. The van der Waals surface area contributed by atoms with Gasteiger partial charge in [0.2, 0.25) is 0 Å². The minimum Gasteiger partial charge on any atom is -0.391 e. The van der Waals surface area contributed by atoms with Crippen LogP contribution >= 0.6 is 15.2 Å². The fourth-order valence-electron chi connectivity index (χ4n) is 0.656. The Kier molecular flexibility index (Phi) is 3.51. The van der Waals surface area contributed by atoms with E-state index in [2.05, 4.69) is 0 Å². The fourth-order valence-corrected chi connectivity index (χ4v) is 2.99. The van der Waals surface area contributed by atoms with E-state index in [1.165, 1.54) is 0 Å². The molecule has 0 fully saturated rings. The molecular weight excluding hydrogens is 222 g/mol. The molecule has 0 aromatic carbocycles. The van der Waals surface area contributed by atoms with E-state index in [9.17, 15) is 9.13 Å². The number of hydrogen-bond donors (Lipinski definition) is 5. The Hall–Kier alpha value is 0.260. The lowest BCUT2D eigenvalue weighted by Gasteiger charge is -2.32. The molecule has 0 aromatic rings. The molecule has 0 bridgehead atoms. The van der Waals surface area contributed by atoms with Gasteiger partial charge >= 0.3 is 15.2 Å². The van der Waals surface area contributed by atoms with Gasteiger partial charge in [0.05, 0.1) is 6.10 Å². The highest BCUT2D eigenvalue weighted by Gasteiger charge is 2.59. The summed E-state index contributed by atoms with van der Waals surface area (Å²) >= 11 is 0. The molecule has 0 aliphatic heterocycles. The molecule has 1 atom stereocenters. The normalized spacial score (nSPS) is 17.2. The molecule has 0 saturated heterocycles. The molecule has 7 nitrogen and oxygen atoms in total. The van der Waals surface area contributed by atoms with Gasteiger partial charge in [0.1, 0.15) is 0 Å². The first-order chi connectivity index (χ1) is 5.44. The van der Waals surface area contributed by atoms with Crippen molar-refractivity contribution in [2.45, 2.75) is 24.8 Å². The molecule has 0 rings (SSSR count). The van der Waals surface area contributed by atoms with Crippen LogP contribution in [0.2, 0.25) is 0 Å². The highest BCUT2D eigenvalue weighted by atomic mass is 31.2. The van der Waals surface area contributed by atoms with E-state index >= 15 is 0 Å². The van der Waals surface area contributed by atoms with Crippen molar-refractivity contribution in [2.24, 2.45) is 0 Å². The zero-order valence-corrected chi connectivity index (χ0v) is 8.81. The molecule has 0 amide bonds. The van der Waals surface area contributed by atoms with Crippen molar-refractivity contribution in [1.82, 2.24) is 0 Å². The first-order valence-electron chi connectivity index (χ1n) is 3.24. The van der Waals surface area contributed by atoms with Gasteiger partial charge in [-0.1, -0.05) is 0 Å². The lowest BCUT2D eigenvalue weighted by molar-refractivity contribution is 0.149. The van der Waals surface area contributed by atoms with Gasteiger partial charge in [-0.2, -0.15) is 0 Å². The summed E-state index contributed by atoms with van der Waals surface area (Å²) in [7, 11) is -10.2. The molecule has 0 heterocycles. The minimum atomic E-state index is -5.08. The Bertz CT molecular complexity index is 250. The molecule has 0 saturated carbocycles. The molecule has 5 N–H and O–H groups in total. The lowest BCUT2D eigenvalue weighted by atomic mass is 10.3. The van der Waals surface area contributed by atoms with E-state index in [0.29, 0.717) is 6.92 Å². The van der Waals surface area contributed by atoms with Crippen LogP contribution in [0.3, 0.4) is 0 Å². The highest BCUT2D eigenvalue weighted by Crippen LogP contribution is 2.70.